The summed E-state index contributed by atoms with van der Waals surface area (Å²) in [6.07, 6.45) is 3.84. The van der Waals surface area contributed by atoms with Crippen molar-refractivity contribution in [3.05, 3.63) is 0 Å². The van der Waals surface area contributed by atoms with E-state index in [0.717, 1.165) is 25.6 Å². The highest BCUT2D eigenvalue weighted by Crippen LogP contribution is 2.24. The van der Waals surface area contributed by atoms with Gasteiger partial charge in [-0.05, 0) is 39.2 Å². The summed E-state index contributed by atoms with van der Waals surface area (Å²) >= 11 is 0. The number of hydrogen-bond acceptors (Lipinski definition) is 3. The molecule has 1 unspecified atom stereocenters. The standard InChI is InChI=1S/C13H25NO2/c1-5-11-7-6-8-14(9-11)10-13(2,3)12(15)16-4/h11H,5-10H2,1-4H3. The Morgan fingerprint density at radius 1 is 1.50 bits per heavy atom. The number of hydrogen-bond donors (Lipinski definition) is 0. The molecule has 0 saturated carbocycles. The highest BCUT2D eigenvalue weighted by molar-refractivity contribution is 5.76. The summed E-state index contributed by atoms with van der Waals surface area (Å²) in [5.74, 6) is 0.702. The lowest BCUT2D eigenvalue weighted by atomic mass is 9.89. The second-order valence-corrected chi connectivity index (χ2v) is 5.53. The van der Waals surface area contributed by atoms with E-state index in [1.54, 1.807) is 0 Å². The zero-order valence-corrected chi connectivity index (χ0v) is 11.1. The Morgan fingerprint density at radius 3 is 2.75 bits per heavy atom. The van der Waals surface area contributed by atoms with E-state index in [4.69, 9.17) is 4.74 Å². The third kappa shape index (κ3) is 3.48. The number of carbonyl (C=O) groups is 1. The molecule has 1 fully saturated rings. The molecule has 0 aromatic rings. The Labute approximate surface area is 99.1 Å². The molecule has 1 heterocycles. The van der Waals surface area contributed by atoms with E-state index >= 15 is 0 Å². The number of carbonyl (C=O) groups excluding carboxylic acids is 1. The van der Waals surface area contributed by atoms with Crippen molar-refractivity contribution < 1.29 is 9.53 Å². The minimum atomic E-state index is -0.385. The van der Waals surface area contributed by atoms with Crippen LogP contribution in [0, 0.1) is 11.3 Å². The average Bonchev–Trinajstić information content (AvgIpc) is 2.27. The van der Waals surface area contributed by atoms with E-state index in [1.807, 2.05) is 13.8 Å². The second kappa shape index (κ2) is 5.67. The molecule has 0 N–H and O–H groups in total. The van der Waals surface area contributed by atoms with Gasteiger partial charge < -0.3 is 9.64 Å². The molecule has 0 aliphatic carbocycles. The largest absolute Gasteiger partial charge is 0.469 e. The molecule has 16 heavy (non-hydrogen) atoms. The van der Waals surface area contributed by atoms with E-state index < -0.39 is 0 Å². The molecule has 0 aromatic carbocycles. The first-order chi connectivity index (χ1) is 7.49. The monoisotopic (exact) mass is 227 g/mol. The van der Waals surface area contributed by atoms with Gasteiger partial charge in [-0.15, -0.1) is 0 Å². The van der Waals surface area contributed by atoms with Gasteiger partial charge in [0.2, 0.25) is 0 Å². The topological polar surface area (TPSA) is 29.5 Å². The van der Waals surface area contributed by atoms with E-state index in [0.29, 0.717) is 0 Å². The van der Waals surface area contributed by atoms with Gasteiger partial charge in [-0.1, -0.05) is 13.3 Å². The molecule has 1 aliphatic heterocycles. The highest BCUT2D eigenvalue weighted by Gasteiger charge is 2.32. The van der Waals surface area contributed by atoms with Crippen LogP contribution in [0.25, 0.3) is 0 Å². The van der Waals surface area contributed by atoms with E-state index in [1.165, 1.54) is 26.4 Å². The summed E-state index contributed by atoms with van der Waals surface area (Å²) in [7, 11) is 1.47. The third-order valence-electron chi connectivity index (χ3n) is 3.54. The molecule has 1 rings (SSSR count). The van der Waals surface area contributed by atoms with Crippen molar-refractivity contribution in [2.24, 2.45) is 11.3 Å². The summed E-state index contributed by atoms with van der Waals surface area (Å²) in [5, 5.41) is 0. The van der Waals surface area contributed by atoms with Gasteiger partial charge in [0.1, 0.15) is 0 Å². The SMILES string of the molecule is CCC1CCCN(CC(C)(C)C(=O)OC)C1. The molecule has 0 radical (unpaired) electrons. The lowest BCUT2D eigenvalue weighted by molar-refractivity contribution is -0.152. The molecule has 0 amide bonds. The van der Waals surface area contributed by atoms with Crippen LogP contribution in [0.2, 0.25) is 0 Å². The molecule has 0 aromatic heterocycles. The number of ether oxygens (including phenoxy) is 1. The normalized spacial score (nSPS) is 23.1. The van der Waals surface area contributed by atoms with Gasteiger partial charge >= 0.3 is 5.97 Å². The van der Waals surface area contributed by atoms with Crippen molar-refractivity contribution in [2.45, 2.75) is 40.0 Å². The van der Waals surface area contributed by atoms with Crippen LogP contribution >= 0.6 is 0 Å². The first-order valence-electron chi connectivity index (χ1n) is 6.30. The third-order valence-corrected chi connectivity index (χ3v) is 3.54. The Hall–Kier alpha value is -0.570. The van der Waals surface area contributed by atoms with E-state index in [2.05, 4.69) is 11.8 Å². The lowest BCUT2D eigenvalue weighted by Gasteiger charge is -2.36. The maximum Gasteiger partial charge on any atom is 0.312 e. The molecular formula is C13H25NO2. The summed E-state index contributed by atoms with van der Waals surface area (Å²) in [6.45, 7) is 9.26. The van der Waals surface area contributed by atoms with Crippen LogP contribution < -0.4 is 0 Å². The zero-order chi connectivity index (χ0) is 12.2. The van der Waals surface area contributed by atoms with Crippen molar-refractivity contribution in [3.8, 4) is 0 Å². The number of nitrogens with zero attached hydrogens (tertiary/aromatic N) is 1. The maximum absolute atomic E-state index is 11.6. The second-order valence-electron chi connectivity index (χ2n) is 5.53. The van der Waals surface area contributed by atoms with Crippen LogP contribution in [-0.2, 0) is 9.53 Å². The Kier molecular flexibility index (Phi) is 4.78. The number of likely N-dealkylation sites (tertiary alicyclic amines) is 1. The summed E-state index contributed by atoms with van der Waals surface area (Å²) in [5.41, 5.74) is -0.385. The Morgan fingerprint density at radius 2 is 2.19 bits per heavy atom. The smallest absolute Gasteiger partial charge is 0.312 e. The van der Waals surface area contributed by atoms with Crippen LogP contribution in [0.1, 0.15) is 40.0 Å². The Bertz CT molecular complexity index is 238. The first kappa shape index (κ1) is 13.5. The summed E-state index contributed by atoms with van der Waals surface area (Å²) in [4.78, 5) is 14.0. The molecule has 1 atom stereocenters. The first-order valence-corrected chi connectivity index (χ1v) is 6.30. The highest BCUT2D eigenvalue weighted by atomic mass is 16.5. The fraction of sp³-hybridized carbons (Fsp3) is 0.923. The van der Waals surface area contributed by atoms with Crippen molar-refractivity contribution in [1.82, 2.24) is 4.90 Å². The van der Waals surface area contributed by atoms with E-state index in [-0.39, 0.29) is 11.4 Å². The van der Waals surface area contributed by atoms with Gasteiger partial charge in [-0.25, -0.2) is 0 Å². The molecule has 3 nitrogen and oxygen atoms in total. The van der Waals surface area contributed by atoms with Gasteiger partial charge in [-0.2, -0.15) is 0 Å². The zero-order valence-electron chi connectivity index (χ0n) is 11.1. The van der Waals surface area contributed by atoms with Gasteiger partial charge in [-0.3, -0.25) is 4.79 Å². The molecular weight excluding hydrogens is 202 g/mol. The van der Waals surface area contributed by atoms with Crippen LogP contribution in [0.3, 0.4) is 0 Å². The number of piperidine rings is 1. The van der Waals surface area contributed by atoms with E-state index in [9.17, 15) is 4.79 Å². The van der Waals surface area contributed by atoms with Crippen molar-refractivity contribution in [1.29, 1.82) is 0 Å². The van der Waals surface area contributed by atoms with Gasteiger partial charge in [0.25, 0.3) is 0 Å². The van der Waals surface area contributed by atoms with Crippen molar-refractivity contribution >= 4 is 5.97 Å². The number of rotatable bonds is 4. The quantitative estimate of drug-likeness (QED) is 0.690. The van der Waals surface area contributed by atoms with Crippen LogP contribution in [-0.4, -0.2) is 37.6 Å². The predicted molar refractivity (Wildman–Crippen MR) is 65.3 cm³/mol. The van der Waals surface area contributed by atoms with Crippen LogP contribution in [0.15, 0.2) is 0 Å². The van der Waals surface area contributed by atoms with Crippen molar-refractivity contribution in [2.75, 3.05) is 26.7 Å². The summed E-state index contributed by atoms with van der Waals surface area (Å²) < 4.78 is 4.84. The van der Waals surface area contributed by atoms with Gasteiger partial charge in [0.15, 0.2) is 0 Å². The fourth-order valence-electron chi connectivity index (χ4n) is 2.53. The molecule has 94 valence electrons. The minimum Gasteiger partial charge on any atom is -0.469 e. The lowest BCUT2D eigenvalue weighted by Crippen LogP contribution is -2.44. The number of methoxy groups -OCH3 is 1. The summed E-state index contributed by atoms with van der Waals surface area (Å²) in [6, 6.07) is 0. The number of esters is 1. The Balaban J connectivity index is 2.49. The molecule has 1 saturated heterocycles. The van der Waals surface area contributed by atoms with Gasteiger partial charge in [0.05, 0.1) is 12.5 Å². The predicted octanol–water partition coefficient (Wildman–Crippen LogP) is 2.31. The van der Waals surface area contributed by atoms with Crippen LogP contribution in [0.5, 0.6) is 0 Å². The fourth-order valence-corrected chi connectivity index (χ4v) is 2.53. The molecule has 3 heteroatoms. The van der Waals surface area contributed by atoms with Crippen molar-refractivity contribution in [3.63, 3.8) is 0 Å². The average molecular weight is 227 g/mol. The molecule has 0 spiro atoms. The van der Waals surface area contributed by atoms with Crippen LogP contribution in [0.4, 0.5) is 0 Å². The maximum atomic E-state index is 11.6. The molecule has 0 bridgehead atoms. The minimum absolute atomic E-state index is 0.105. The molecule has 1 aliphatic rings. The van der Waals surface area contributed by atoms with Gasteiger partial charge in [0, 0.05) is 13.1 Å².